The molecule has 1 aliphatic carbocycles. The van der Waals surface area contributed by atoms with Gasteiger partial charge in [0, 0.05) is 12.0 Å². The van der Waals surface area contributed by atoms with Crippen LogP contribution in [0.1, 0.15) is 38.4 Å². The Hall–Kier alpha value is -0.870. The molecule has 94 valence electrons. The zero-order chi connectivity index (χ0) is 12.4. The van der Waals surface area contributed by atoms with Crippen LogP contribution in [0.25, 0.3) is 0 Å². The number of nitrogens with one attached hydrogen (secondary N) is 1. The van der Waals surface area contributed by atoms with Crippen molar-refractivity contribution >= 4 is 17.4 Å². The van der Waals surface area contributed by atoms with Crippen molar-refractivity contribution in [3.05, 3.63) is 17.0 Å². The van der Waals surface area contributed by atoms with E-state index >= 15 is 0 Å². The molecule has 1 aromatic rings. The lowest BCUT2D eigenvalue weighted by atomic mass is 10.1. The molecule has 0 saturated heterocycles. The highest BCUT2D eigenvalue weighted by molar-refractivity contribution is 6.29. The second-order valence-electron chi connectivity index (χ2n) is 4.89. The molecule has 2 rings (SSSR count). The first-order valence-corrected chi connectivity index (χ1v) is 6.40. The molecular weight excluding hydrogens is 238 g/mol. The highest BCUT2D eigenvalue weighted by atomic mass is 35.5. The summed E-state index contributed by atoms with van der Waals surface area (Å²) in [5.74, 6) is 2.33. The van der Waals surface area contributed by atoms with Gasteiger partial charge in [0.05, 0.1) is 12.6 Å². The molecule has 0 amide bonds. The highest BCUT2D eigenvalue weighted by Gasteiger charge is 2.27. The summed E-state index contributed by atoms with van der Waals surface area (Å²) < 4.78 is 0. The van der Waals surface area contributed by atoms with Gasteiger partial charge < -0.3 is 10.4 Å². The molecule has 1 heterocycles. The lowest BCUT2D eigenvalue weighted by molar-refractivity contribution is 0.249. The summed E-state index contributed by atoms with van der Waals surface area (Å²) in [6, 6.07) is 1.70. The quantitative estimate of drug-likeness (QED) is 0.794. The Morgan fingerprint density at radius 1 is 1.47 bits per heavy atom. The number of aliphatic hydroxyl groups excluding tert-OH is 1. The van der Waals surface area contributed by atoms with E-state index in [2.05, 4.69) is 29.1 Å². The standard InChI is InChI=1S/C12H18ClN3O/c1-7(2)9(6-17)14-11-5-10(13)15-12(16-11)8-3-4-8/h5,7-9,17H,3-4,6H2,1-2H3,(H,14,15,16)/t9-/m1/s1. The Kier molecular flexibility index (Phi) is 3.84. The Morgan fingerprint density at radius 3 is 2.71 bits per heavy atom. The lowest BCUT2D eigenvalue weighted by Crippen LogP contribution is -2.30. The minimum atomic E-state index is -0.00646. The summed E-state index contributed by atoms with van der Waals surface area (Å²) in [7, 11) is 0. The van der Waals surface area contributed by atoms with Crippen molar-refractivity contribution in [2.45, 2.75) is 38.6 Å². The number of halogens is 1. The average molecular weight is 256 g/mol. The maximum atomic E-state index is 9.28. The number of anilines is 1. The number of hydrogen-bond donors (Lipinski definition) is 2. The summed E-state index contributed by atoms with van der Waals surface area (Å²) in [4.78, 5) is 8.67. The van der Waals surface area contributed by atoms with Gasteiger partial charge in [0.2, 0.25) is 0 Å². The van der Waals surface area contributed by atoms with Crippen LogP contribution in [0.15, 0.2) is 6.07 Å². The molecule has 0 aliphatic heterocycles. The molecule has 0 unspecified atom stereocenters. The van der Waals surface area contributed by atoms with E-state index in [-0.39, 0.29) is 12.6 Å². The Balaban J connectivity index is 2.14. The van der Waals surface area contributed by atoms with Crippen LogP contribution in [-0.4, -0.2) is 27.7 Å². The second kappa shape index (κ2) is 5.19. The van der Waals surface area contributed by atoms with Gasteiger partial charge in [-0.15, -0.1) is 0 Å². The lowest BCUT2D eigenvalue weighted by Gasteiger charge is -2.20. The van der Waals surface area contributed by atoms with Crippen molar-refractivity contribution in [3.8, 4) is 0 Å². The largest absolute Gasteiger partial charge is 0.394 e. The summed E-state index contributed by atoms with van der Waals surface area (Å²) in [5.41, 5.74) is 0. The Bertz CT molecular complexity index is 393. The van der Waals surface area contributed by atoms with Crippen LogP contribution in [0, 0.1) is 5.92 Å². The van der Waals surface area contributed by atoms with Crippen molar-refractivity contribution in [2.24, 2.45) is 5.92 Å². The van der Waals surface area contributed by atoms with E-state index in [1.54, 1.807) is 6.07 Å². The van der Waals surface area contributed by atoms with Gasteiger partial charge in [0.25, 0.3) is 0 Å². The van der Waals surface area contributed by atoms with Crippen LogP contribution in [0.4, 0.5) is 5.82 Å². The van der Waals surface area contributed by atoms with Crippen LogP contribution in [-0.2, 0) is 0 Å². The van der Waals surface area contributed by atoms with E-state index in [1.807, 2.05) is 0 Å². The number of hydrogen-bond acceptors (Lipinski definition) is 4. The molecule has 1 aromatic heterocycles. The summed E-state index contributed by atoms with van der Waals surface area (Å²) in [6.45, 7) is 4.19. The molecule has 1 fully saturated rings. The normalized spacial score (nSPS) is 17.2. The van der Waals surface area contributed by atoms with E-state index in [0.29, 0.717) is 22.8 Å². The third-order valence-electron chi connectivity index (χ3n) is 2.99. The van der Waals surface area contributed by atoms with Crippen LogP contribution < -0.4 is 5.32 Å². The van der Waals surface area contributed by atoms with E-state index in [0.717, 1.165) is 18.7 Å². The second-order valence-corrected chi connectivity index (χ2v) is 5.27. The fraction of sp³-hybridized carbons (Fsp3) is 0.667. The average Bonchev–Trinajstić information content (AvgIpc) is 3.08. The first-order valence-electron chi connectivity index (χ1n) is 6.02. The van der Waals surface area contributed by atoms with E-state index in [9.17, 15) is 5.11 Å². The first kappa shape index (κ1) is 12.6. The minimum Gasteiger partial charge on any atom is -0.394 e. The molecule has 1 saturated carbocycles. The van der Waals surface area contributed by atoms with E-state index < -0.39 is 0 Å². The van der Waals surface area contributed by atoms with Crippen molar-refractivity contribution < 1.29 is 5.11 Å². The fourth-order valence-electron chi connectivity index (χ4n) is 1.65. The van der Waals surface area contributed by atoms with Gasteiger partial charge in [-0.25, -0.2) is 9.97 Å². The van der Waals surface area contributed by atoms with E-state index in [4.69, 9.17) is 11.6 Å². The number of nitrogens with zero attached hydrogens (tertiary/aromatic N) is 2. The Labute approximate surface area is 106 Å². The molecule has 0 bridgehead atoms. The predicted octanol–water partition coefficient (Wildman–Crippen LogP) is 2.44. The van der Waals surface area contributed by atoms with Gasteiger partial charge >= 0.3 is 0 Å². The minimum absolute atomic E-state index is 0.00646. The van der Waals surface area contributed by atoms with Crippen molar-refractivity contribution in [2.75, 3.05) is 11.9 Å². The molecule has 0 aromatic carbocycles. The molecule has 1 atom stereocenters. The molecule has 5 heteroatoms. The number of aliphatic hydroxyl groups is 1. The van der Waals surface area contributed by atoms with Crippen LogP contribution in [0.5, 0.6) is 0 Å². The topological polar surface area (TPSA) is 58.0 Å². The van der Waals surface area contributed by atoms with Crippen molar-refractivity contribution in [3.63, 3.8) is 0 Å². The van der Waals surface area contributed by atoms with E-state index in [1.165, 1.54) is 0 Å². The van der Waals surface area contributed by atoms with Gasteiger partial charge in [-0.05, 0) is 18.8 Å². The summed E-state index contributed by atoms with van der Waals surface area (Å²) >= 11 is 5.97. The summed E-state index contributed by atoms with van der Waals surface area (Å²) in [5, 5.41) is 12.9. The molecule has 2 N–H and O–H groups in total. The zero-order valence-corrected chi connectivity index (χ0v) is 10.9. The molecular formula is C12H18ClN3O. The fourth-order valence-corrected chi connectivity index (χ4v) is 1.84. The SMILES string of the molecule is CC(C)[C@@H](CO)Nc1cc(Cl)nc(C2CC2)n1. The molecule has 0 radical (unpaired) electrons. The highest BCUT2D eigenvalue weighted by Crippen LogP contribution is 2.38. The van der Waals surface area contributed by atoms with Crippen molar-refractivity contribution in [1.29, 1.82) is 0 Å². The zero-order valence-electron chi connectivity index (χ0n) is 10.2. The molecule has 4 nitrogen and oxygen atoms in total. The molecule has 1 aliphatic rings. The van der Waals surface area contributed by atoms with Gasteiger partial charge in [-0.1, -0.05) is 25.4 Å². The smallest absolute Gasteiger partial charge is 0.135 e. The first-order chi connectivity index (χ1) is 8.10. The van der Waals surface area contributed by atoms with Gasteiger partial charge in [-0.2, -0.15) is 0 Å². The maximum absolute atomic E-state index is 9.28. The van der Waals surface area contributed by atoms with Crippen LogP contribution >= 0.6 is 11.6 Å². The van der Waals surface area contributed by atoms with Crippen molar-refractivity contribution in [1.82, 2.24) is 9.97 Å². The maximum Gasteiger partial charge on any atom is 0.135 e. The predicted molar refractivity (Wildman–Crippen MR) is 68.4 cm³/mol. The van der Waals surface area contributed by atoms with Gasteiger partial charge in [-0.3, -0.25) is 0 Å². The number of rotatable bonds is 5. The molecule has 0 spiro atoms. The van der Waals surface area contributed by atoms with Crippen LogP contribution in [0.3, 0.4) is 0 Å². The van der Waals surface area contributed by atoms with Crippen LogP contribution in [0.2, 0.25) is 5.15 Å². The van der Waals surface area contributed by atoms with Gasteiger partial charge in [0.1, 0.15) is 16.8 Å². The monoisotopic (exact) mass is 255 g/mol. The Morgan fingerprint density at radius 2 is 2.18 bits per heavy atom. The third kappa shape index (κ3) is 3.30. The van der Waals surface area contributed by atoms with Gasteiger partial charge in [0.15, 0.2) is 0 Å². The summed E-state index contributed by atoms with van der Waals surface area (Å²) in [6.07, 6.45) is 2.29. The number of aromatic nitrogens is 2. The molecule has 17 heavy (non-hydrogen) atoms. The third-order valence-corrected chi connectivity index (χ3v) is 3.18.